The highest BCUT2D eigenvalue weighted by atomic mass is 32.1. The first-order valence-corrected chi connectivity index (χ1v) is 12.7. The molecule has 0 saturated carbocycles. The fraction of sp³-hybridized carbons (Fsp3) is 0.185. The Kier molecular flexibility index (Phi) is 6.52. The second-order valence-corrected chi connectivity index (χ2v) is 9.67. The quantitative estimate of drug-likeness (QED) is 0.281. The summed E-state index contributed by atoms with van der Waals surface area (Å²) in [7, 11) is 1.66. The van der Waals surface area contributed by atoms with Crippen molar-refractivity contribution in [1.29, 1.82) is 0 Å². The van der Waals surface area contributed by atoms with Gasteiger partial charge in [0.05, 0.1) is 23.8 Å². The fourth-order valence-corrected chi connectivity index (χ4v) is 5.39. The van der Waals surface area contributed by atoms with E-state index in [2.05, 4.69) is 20.4 Å². The average molecular weight is 533 g/mol. The molecule has 0 bridgehead atoms. The Morgan fingerprint density at radius 3 is 2.84 bits per heavy atom. The molecule has 192 valence electrons. The minimum Gasteiger partial charge on any atom is -0.491 e. The number of fused-ring (bicyclic) bond motifs is 3. The van der Waals surface area contributed by atoms with Crippen LogP contribution in [0, 0.1) is 11.6 Å². The number of benzene rings is 1. The van der Waals surface area contributed by atoms with E-state index in [1.807, 2.05) is 30.3 Å². The summed E-state index contributed by atoms with van der Waals surface area (Å²) >= 11 is 1.53. The summed E-state index contributed by atoms with van der Waals surface area (Å²) in [5.74, 6) is 0.548. The van der Waals surface area contributed by atoms with Gasteiger partial charge >= 0.3 is 0 Å². The Bertz CT molecular complexity index is 1600. The van der Waals surface area contributed by atoms with Crippen LogP contribution in [-0.4, -0.2) is 51.6 Å². The summed E-state index contributed by atoms with van der Waals surface area (Å²) in [5, 5.41) is 7.40. The van der Waals surface area contributed by atoms with Crippen LogP contribution in [0.25, 0.3) is 38.9 Å². The molecule has 5 heterocycles. The normalized spacial score (nSPS) is 12.4. The van der Waals surface area contributed by atoms with Gasteiger partial charge in [-0.15, -0.1) is 11.3 Å². The molecule has 1 aromatic carbocycles. The second kappa shape index (κ2) is 10.3. The molecule has 0 fully saturated rings. The van der Waals surface area contributed by atoms with E-state index in [0.29, 0.717) is 37.8 Å². The van der Waals surface area contributed by atoms with Crippen LogP contribution in [-0.2, 0) is 11.2 Å². The van der Waals surface area contributed by atoms with Gasteiger partial charge in [0, 0.05) is 48.3 Å². The number of nitrogens with zero attached hydrogens (tertiary/aromatic N) is 5. The van der Waals surface area contributed by atoms with Crippen LogP contribution < -0.4 is 10.1 Å². The summed E-state index contributed by atoms with van der Waals surface area (Å²) in [6.07, 6.45) is 3.83. The van der Waals surface area contributed by atoms with Crippen molar-refractivity contribution in [3.05, 3.63) is 77.6 Å². The number of hydrogen-bond acceptors (Lipinski definition) is 8. The number of halogens is 2. The maximum atomic E-state index is 14.5. The standard InChI is InChI=1S/C27H22F2N6O2S/c1-36-11-9-30-25-7-2-16(14-31-25)20-4-6-22-26(34-20)18-13-24(38-23(18)8-10-37-22)27-32-15-33-35(27)21-5-3-17(28)12-19(21)29/h2-7,12-15H,8-11H2,1H3,(H,30,31). The molecule has 4 aromatic heterocycles. The molecule has 5 aromatic rings. The Morgan fingerprint density at radius 2 is 2.03 bits per heavy atom. The number of hydrogen-bond donors (Lipinski definition) is 1. The predicted octanol–water partition coefficient (Wildman–Crippen LogP) is 5.39. The third-order valence-electron chi connectivity index (χ3n) is 6.09. The Labute approximate surface area is 220 Å². The van der Waals surface area contributed by atoms with Gasteiger partial charge in [-0.1, -0.05) is 0 Å². The van der Waals surface area contributed by atoms with Crippen LogP contribution >= 0.6 is 11.3 Å². The lowest BCUT2D eigenvalue weighted by molar-refractivity contribution is 0.210. The molecule has 38 heavy (non-hydrogen) atoms. The molecule has 0 spiro atoms. The van der Waals surface area contributed by atoms with Gasteiger partial charge in [-0.3, -0.25) is 0 Å². The first kappa shape index (κ1) is 24.1. The molecule has 0 aliphatic carbocycles. The molecule has 6 rings (SSSR count). The predicted molar refractivity (Wildman–Crippen MR) is 141 cm³/mol. The van der Waals surface area contributed by atoms with E-state index >= 15 is 0 Å². The van der Waals surface area contributed by atoms with Crippen molar-refractivity contribution in [2.45, 2.75) is 6.42 Å². The summed E-state index contributed by atoms with van der Waals surface area (Å²) in [6.45, 7) is 1.77. The number of methoxy groups -OCH3 is 1. The minimum atomic E-state index is -0.714. The lowest BCUT2D eigenvalue weighted by atomic mass is 10.1. The minimum absolute atomic E-state index is 0.124. The number of thiophene rings is 1. The van der Waals surface area contributed by atoms with Gasteiger partial charge in [0.25, 0.3) is 0 Å². The second-order valence-electron chi connectivity index (χ2n) is 8.53. The molecule has 0 unspecified atom stereocenters. The molecule has 0 amide bonds. The number of rotatable bonds is 7. The van der Waals surface area contributed by atoms with Gasteiger partial charge < -0.3 is 14.8 Å². The molecular weight excluding hydrogens is 510 g/mol. The van der Waals surface area contributed by atoms with E-state index < -0.39 is 11.6 Å². The Balaban J connectivity index is 1.36. The van der Waals surface area contributed by atoms with Gasteiger partial charge in [0.15, 0.2) is 11.6 Å². The van der Waals surface area contributed by atoms with E-state index in [-0.39, 0.29) is 5.69 Å². The number of pyridine rings is 2. The third kappa shape index (κ3) is 4.61. The zero-order chi connectivity index (χ0) is 26.1. The first-order valence-electron chi connectivity index (χ1n) is 11.9. The van der Waals surface area contributed by atoms with Gasteiger partial charge in [-0.25, -0.2) is 28.4 Å². The van der Waals surface area contributed by atoms with Crippen molar-refractivity contribution in [3.8, 4) is 44.7 Å². The highest BCUT2D eigenvalue weighted by Crippen LogP contribution is 2.42. The van der Waals surface area contributed by atoms with Crippen molar-refractivity contribution in [2.24, 2.45) is 0 Å². The maximum absolute atomic E-state index is 14.5. The van der Waals surface area contributed by atoms with E-state index in [4.69, 9.17) is 14.5 Å². The Morgan fingerprint density at radius 1 is 1.11 bits per heavy atom. The number of ether oxygens (including phenoxy) is 2. The zero-order valence-corrected chi connectivity index (χ0v) is 21.1. The molecule has 0 radical (unpaired) electrons. The Hall–Kier alpha value is -4.22. The smallest absolute Gasteiger partial charge is 0.173 e. The van der Waals surface area contributed by atoms with E-state index in [1.165, 1.54) is 34.5 Å². The van der Waals surface area contributed by atoms with Gasteiger partial charge in [0.2, 0.25) is 0 Å². The molecule has 1 N–H and O–H groups in total. The molecule has 11 heteroatoms. The highest BCUT2D eigenvalue weighted by molar-refractivity contribution is 7.16. The van der Waals surface area contributed by atoms with Crippen LogP contribution in [0.3, 0.4) is 0 Å². The van der Waals surface area contributed by atoms with Crippen LogP contribution in [0.15, 0.2) is 61.1 Å². The van der Waals surface area contributed by atoms with Crippen LogP contribution in [0.4, 0.5) is 14.6 Å². The lowest BCUT2D eigenvalue weighted by Crippen LogP contribution is -2.08. The molecule has 1 aliphatic heterocycles. The topological polar surface area (TPSA) is 87.0 Å². The lowest BCUT2D eigenvalue weighted by Gasteiger charge is -2.10. The maximum Gasteiger partial charge on any atom is 0.173 e. The van der Waals surface area contributed by atoms with E-state index in [1.54, 1.807) is 13.3 Å². The highest BCUT2D eigenvalue weighted by Gasteiger charge is 2.24. The number of anilines is 1. The van der Waals surface area contributed by atoms with Gasteiger partial charge in [-0.2, -0.15) is 5.10 Å². The van der Waals surface area contributed by atoms with Crippen molar-refractivity contribution in [3.63, 3.8) is 0 Å². The molecule has 1 aliphatic rings. The fourth-order valence-electron chi connectivity index (χ4n) is 4.27. The average Bonchev–Trinajstić information content (AvgIpc) is 3.53. The monoisotopic (exact) mass is 532 g/mol. The van der Waals surface area contributed by atoms with Crippen molar-refractivity contribution >= 4 is 17.2 Å². The third-order valence-corrected chi connectivity index (χ3v) is 7.28. The largest absolute Gasteiger partial charge is 0.491 e. The number of nitrogens with one attached hydrogen (secondary N) is 1. The summed E-state index contributed by atoms with van der Waals surface area (Å²) in [5.41, 5.74) is 3.41. The number of aromatic nitrogens is 5. The van der Waals surface area contributed by atoms with Gasteiger partial charge in [0.1, 0.15) is 35.1 Å². The summed E-state index contributed by atoms with van der Waals surface area (Å²) in [4.78, 5) is 15.7. The van der Waals surface area contributed by atoms with Crippen molar-refractivity contribution < 1.29 is 18.3 Å². The first-order chi connectivity index (χ1) is 18.6. The zero-order valence-electron chi connectivity index (χ0n) is 20.3. The van der Waals surface area contributed by atoms with Crippen LogP contribution in [0.1, 0.15) is 4.88 Å². The summed E-state index contributed by atoms with van der Waals surface area (Å²) < 4.78 is 40.4. The SMILES string of the molecule is COCCNc1ccc(-c2ccc3c(n2)-c2cc(-c4ncnn4-c4ccc(F)cc4F)sc2CCO3)cn1. The summed E-state index contributed by atoms with van der Waals surface area (Å²) in [6, 6.07) is 13.1. The van der Waals surface area contributed by atoms with Gasteiger partial charge in [-0.05, 0) is 42.5 Å². The molecule has 8 nitrogen and oxygen atoms in total. The van der Waals surface area contributed by atoms with Crippen LogP contribution in [0.5, 0.6) is 5.75 Å². The molecule has 0 saturated heterocycles. The molecule has 0 atom stereocenters. The van der Waals surface area contributed by atoms with E-state index in [0.717, 1.165) is 44.2 Å². The van der Waals surface area contributed by atoms with Crippen molar-refractivity contribution in [2.75, 3.05) is 32.2 Å². The van der Waals surface area contributed by atoms with Crippen molar-refractivity contribution in [1.82, 2.24) is 24.7 Å². The molecular formula is C27H22F2N6O2S. The van der Waals surface area contributed by atoms with E-state index in [9.17, 15) is 8.78 Å². The van der Waals surface area contributed by atoms with Crippen LogP contribution in [0.2, 0.25) is 0 Å².